The van der Waals surface area contributed by atoms with Crippen LogP contribution in [0, 0.1) is 16.7 Å². The van der Waals surface area contributed by atoms with Gasteiger partial charge in [0.15, 0.2) is 0 Å². The molecule has 1 saturated heterocycles. The molecule has 1 heterocycles. The lowest BCUT2D eigenvalue weighted by molar-refractivity contribution is -0.140. The summed E-state index contributed by atoms with van der Waals surface area (Å²) >= 11 is 0. The number of rotatable bonds is 13. The second-order valence-electron chi connectivity index (χ2n) is 10.6. The largest absolute Gasteiger partial charge is 0.508 e. The number of benzene rings is 2. The molecule has 2 aromatic carbocycles. The number of aliphatic hydroxyl groups is 1. The van der Waals surface area contributed by atoms with E-state index in [0.717, 1.165) is 14.8 Å². The molecule has 11 nitrogen and oxygen atoms in total. The number of nitriles is 1. The Bertz CT molecular complexity index is 1240. The van der Waals surface area contributed by atoms with E-state index in [0.29, 0.717) is 6.42 Å². The molecule has 0 spiro atoms. The summed E-state index contributed by atoms with van der Waals surface area (Å²) in [7, 11) is -4.18. The minimum atomic E-state index is -4.18. The second-order valence-corrected chi connectivity index (χ2v) is 12.6. The molecule has 0 bridgehead atoms. The van der Waals surface area contributed by atoms with Gasteiger partial charge >= 0.3 is 6.09 Å². The first-order valence-electron chi connectivity index (χ1n) is 13.0. The number of sulfonamides is 1. The highest BCUT2D eigenvalue weighted by atomic mass is 32.2. The SMILES string of the molecule is CC(C)(CCC#N)CN(C[C@@H](O)[C@H](Cc1ccccc1)N(C(=O)O)C1COCOC1)S(=O)(=O)c1ccc(O)cc1. The van der Waals surface area contributed by atoms with Gasteiger partial charge in [-0.3, -0.25) is 4.90 Å². The maximum Gasteiger partial charge on any atom is 0.408 e. The molecule has 2 atom stereocenters. The number of phenolic OH excluding ortho intramolecular Hbond substituents is 1. The van der Waals surface area contributed by atoms with Crippen LogP contribution in [0.25, 0.3) is 0 Å². The van der Waals surface area contributed by atoms with E-state index in [4.69, 9.17) is 14.7 Å². The number of hydrogen-bond donors (Lipinski definition) is 3. The molecule has 0 unspecified atom stereocenters. The van der Waals surface area contributed by atoms with Crippen molar-refractivity contribution in [1.82, 2.24) is 9.21 Å². The molecule has 1 aliphatic rings. The third-order valence-corrected chi connectivity index (χ3v) is 8.70. The lowest BCUT2D eigenvalue weighted by atomic mass is 9.88. The maximum atomic E-state index is 13.8. The molecule has 1 amide bonds. The first-order valence-corrected chi connectivity index (χ1v) is 14.4. The van der Waals surface area contributed by atoms with Crippen LogP contribution in [0.1, 0.15) is 32.3 Å². The van der Waals surface area contributed by atoms with Gasteiger partial charge in [0.25, 0.3) is 0 Å². The number of ether oxygens (including phenoxy) is 2. The Hall–Kier alpha value is -3.21. The van der Waals surface area contributed by atoms with Crippen molar-refractivity contribution in [2.45, 2.75) is 56.2 Å². The van der Waals surface area contributed by atoms with E-state index in [2.05, 4.69) is 6.07 Å². The van der Waals surface area contributed by atoms with Gasteiger partial charge in [0.2, 0.25) is 10.0 Å². The van der Waals surface area contributed by atoms with Crippen molar-refractivity contribution in [3.8, 4) is 11.8 Å². The lowest BCUT2D eigenvalue weighted by Gasteiger charge is -2.41. The smallest absolute Gasteiger partial charge is 0.408 e. The quantitative estimate of drug-likeness (QED) is 0.326. The zero-order valence-corrected chi connectivity index (χ0v) is 23.5. The van der Waals surface area contributed by atoms with Crippen LogP contribution < -0.4 is 0 Å². The fourth-order valence-electron chi connectivity index (χ4n) is 4.78. The van der Waals surface area contributed by atoms with Crippen molar-refractivity contribution < 1.29 is 38.0 Å². The van der Waals surface area contributed by atoms with Gasteiger partial charge in [-0.25, -0.2) is 13.2 Å². The van der Waals surface area contributed by atoms with Crippen LogP contribution in [-0.4, -0.2) is 90.3 Å². The van der Waals surface area contributed by atoms with Crippen molar-refractivity contribution in [1.29, 1.82) is 5.26 Å². The van der Waals surface area contributed by atoms with E-state index >= 15 is 0 Å². The maximum absolute atomic E-state index is 13.8. The Kier molecular flexibility index (Phi) is 10.9. The Balaban J connectivity index is 2.00. The van der Waals surface area contributed by atoms with E-state index in [1.807, 2.05) is 32.0 Å². The average molecular weight is 576 g/mol. The van der Waals surface area contributed by atoms with Gasteiger partial charge in [-0.15, -0.1) is 0 Å². The van der Waals surface area contributed by atoms with Crippen LogP contribution in [0.3, 0.4) is 0 Å². The summed E-state index contributed by atoms with van der Waals surface area (Å²) in [6.07, 6.45) is -1.98. The van der Waals surface area contributed by atoms with E-state index in [9.17, 15) is 28.5 Å². The molecule has 3 rings (SSSR count). The van der Waals surface area contributed by atoms with Gasteiger partial charge in [-0.2, -0.15) is 9.57 Å². The number of phenols is 1. The molecule has 0 aliphatic carbocycles. The van der Waals surface area contributed by atoms with E-state index in [1.165, 1.54) is 24.3 Å². The number of carboxylic acid groups (broad SMARTS) is 1. The second kappa shape index (κ2) is 13.9. The first kappa shape index (κ1) is 31.3. The number of amides is 1. The highest BCUT2D eigenvalue weighted by Gasteiger charge is 2.40. The predicted octanol–water partition coefficient (Wildman–Crippen LogP) is 3.04. The van der Waals surface area contributed by atoms with Crippen LogP contribution in [-0.2, 0) is 25.9 Å². The number of carbonyl (C=O) groups is 1. The van der Waals surface area contributed by atoms with E-state index in [1.54, 1.807) is 12.1 Å². The third-order valence-electron chi connectivity index (χ3n) is 6.87. The average Bonchev–Trinajstić information content (AvgIpc) is 2.92. The fraction of sp³-hybridized carbons (Fsp3) is 0.500. The molecule has 2 aromatic rings. The molecule has 1 fully saturated rings. The van der Waals surface area contributed by atoms with Crippen molar-refractivity contribution >= 4 is 16.1 Å². The Morgan fingerprint density at radius 3 is 2.33 bits per heavy atom. The summed E-state index contributed by atoms with van der Waals surface area (Å²) in [6, 6.07) is 14.5. The van der Waals surface area contributed by atoms with Gasteiger partial charge in [0.1, 0.15) is 12.5 Å². The van der Waals surface area contributed by atoms with Gasteiger partial charge < -0.3 is 24.8 Å². The summed E-state index contributed by atoms with van der Waals surface area (Å²) < 4.78 is 39.4. The standard InChI is InChI=1S/C28H37N3O8S/c1-28(2,13-6-14-29)19-30(40(36,37)24-11-9-23(32)10-12-24)16-26(33)25(15-21-7-4-3-5-8-21)31(27(34)35)22-17-38-20-39-18-22/h3-5,7-12,22,25-26,32-33H,6,13,15-20H2,1-2H3,(H,34,35)/t25-,26+/m0/s1. The topological polar surface area (TPSA) is 161 Å². The highest BCUT2D eigenvalue weighted by Crippen LogP contribution is 2.29. The molecular weight excluding hydrogens is 538 g/mol. The minimum Gasteiger partial charge on any atom is -0.508 e. The molecule has 40 heavy (non-hydrogen) atoms. The van der Waals surface area contributed by atoms with Crippen LogP contribution in [0.4, 0.5) is 4.79 Å². The van der Waals surface area contributed by atoms with Crippen molar-refractivity contribution in [3.63, 3.8) is 0 Å². The zero-order valence-electron chi connectivity index (χ0n) is 22.7. The molecule has 218 valence electrons. The normalized spacial score (nSPS) is 16.3. The Labute approximate surface area is 235 Å². The number of nitrogens with zero attached hydrogens (tertiary/aromatic N) is 3. The number of aromatic hydroxyl groups is 1. The molecule has 0 aromatic heterocycles. The summed E-state index contributed by atoms with van der Waals surface area (Å²) in [4.78, 5) is 13.5. The number of hydrogen-bond acceptors (Lipinski definition) is 8. The van der Waals surface area contributed by atoms with Gasteiger partial charge in [-0.05, 0) is 48.1 Å². The monoisotopic (exact) mass is 575 g/mol. The molecule has 0 radical (unpaired) electrons. The molecule has 3 N–H and O–H groups in total. The van der Waals surface area contributed by atoms with Crippen molar-refractivity contribution in [3.05, 3.63) is 60.2 Å². The summed E-state index contributed by atoms with van der Waals surface area (Å²) in [5, 5.41) is 40.6. The van der Waals surface area contributed by atoms with Crippen LogP contribution in [0.15, 0.2) is 59.5 Å². The first-order chi connectivity index (χ1) is 18.9. The third kappa shape index (κ3) is 8.39. The van der Waals surface area contributed by atoms with E-state index < -0.39 is 46.3 Å². The molecule has 12 heteroatoms. The molecule has 0 saturated carbocycles. The summed E-state index contributed by atoms with van der Waals surface area (Å²) in [5.74, 6) is -0.100. The van der Waals surface area contributed by atoms with Crippen LogP contribution >= 0.6 is 0 Å². The fourth-order valence-corrected chi connectivity index (χ4v) is 6.42. The lowest BCUT2D eigenvalue weighted by Crippen LogP contribution is -2.59. The Morgan fingerprint density at radius 1 is 1.12 bits per heavy atom. The Morgan fingerprint density at radius 2 is 1.75 bits per heavy atom. The molecule has 1 aliphatic heterocycles. The van der Waals surface area contributed by atoms with Gasteiger partial charge in [0.05, 0.1) is 42.4 Å². The molecular formula is C28H37N3O8S. The van der Waals surface area contributed by atoms with Crippen LogP contribution in [0.2, 0.25) is 0 Å². The van der Waals surface area contributed by atoms with E-state index in [-0.39, 0.29) is 50.0 Å². The summed E-state index contributed by atoms with van der Waals surface area (Å²) in [5.41, 5.74) is 0.129. The predicted molar refractivity (Wildman–Crippen MR) is 146 cm³/mol. The van der Waals surface area contributed by atoms with Crippen LogP contribution in [0.5, 0.6) is 5.75 Å². The minimum absolute atomic E-state index is 0.0320. The van der Waals surface area contributed by atoms with Crippen molar-refractivity contribution in [2.75, 3.05) is 33.1 Å². The summed E-state index contributed by atoms with van der Waals surface area (Å²) in [6.45, 7) is 3.40. The van der Waals surface area contributed by atoms with Gasteiger partial charge in [-0.1, -0.05) is 44.2 Å². The number of aliphatic hydroxyl groups excluding tert-OH is 1. The van der Waals surface area contributed by atoms with Gasteiger partial charge in [0, 0.05) is 19.5 Å². The van der Waals surface area contributed by atoms with Crippen molar-refractivity contribution in [2.24, 2.45) is 5.41 Å². The zero-order chi connectivity index (χ0) is 29.3. The highest BCUT2D eigenvalue weighted by molar-refractivity contribution is 7.89.